The van der Waals surface area contributed by atoms with Crippen LogP contribution in [0.15, 0.2) is 42.5 Å². The maximum absolute atomic E-state index is 12.6. The molecular weight excluding hydrogens is 384 g/mol. The van der Waals surface area contributed by atoms with Crippen molar-refractivity contribution >= 4 is 12.0 Å². The van der Waals surface area contributed by atoms with Crippen LogP contribution in [0.3, 0.4) is 0 Å². The molecule has 0 atom stereocenters. The number of benzene rings is 2. The molecule has 4 rings (SSSR count). The summed E-state index contributed by atoms with van der Waals surface area (Å²) in [7, 11) is 3.23. The summed E-state index contributed by atoms with van der Waals surface area (Å²) in [6.07, 6.45) is 3.38. The van der Waals surface area contributed by atoms with Crippen LogP contribution >= 0.6 is 0 Å². The van der Waals surface area contributed by atoms with Gasteiger partial charge in [0, 0.05) is 44.4 Å². The minimum absolute atomic E-state index is 0.00241. The normalized spacial score (nSPS) is 16.1. The van der Waals surface area contributed by atoms with E-state index in [1.807, 2.05) is 35.2 Å². The molecule has 0 saturated carbocycles. The summed E-state index contributed by atoms with van der Waals surface area (Å²) in [4.78, 5) is 16.9. The number of ether oxygens (including phenoxy) is 4. The lowest BCUT2D eigenvalue weighted by atomic mass is 10.1. The second kappa shape index (κ2) is 9.09. The fraction of sp³-hybridized carbons (Fsp3) is 0.348. The van der Waals surface area contributed by atoms with E-state index in [1.54, 1.807) is 26.4 Å². The quantitative estimate of drug-likeness (QED) is 0.683. The van der Waals surface area contributed by atoms with Crippen LogP contribution in [0.25, 0.3) is 6.08 Å². The molecule has 0 spiro atoms. The fourth-order valence-electron chi connectivity index (χ4n) is 3.66. The molecule has 30 heavy (non-hydrogen) atoms. The van der Waals surface area contributed by atoms with Gasteiger partial charge in [-0.15, -0.1) is 0 Å². The maximum Gasteiger partial charge on any atom is 0.246 e. The van der Waals surface area contributed by atoms with Gasteiger partial charge in [-0.05, 0) is 42.0 Å². The Kier molecular flexibility index (Phi) is 6.09. The van der Waals surface area contributed by atoms with Gasteiger partial charge in [-0.1, -0.05) is 6.07 Å². The number of fused-ring (bicyclic) bond motifs is 1. The van der Waals surface area contributed by atoms with Crippen molar-refractivity contribution in [1.29, 1.82) is 0 Å². The molecule has 0 radical (unpaired) electrons. The topological polar surface area (TPSA) is 60.5 Å². The van der Waals surface area contributed by atoms with Crippen LogP contribution in [0.4, 0.5) is 0 Å². The van der Waals surface area contributed by atoms with Crippen molar-refractivity contribution in [1.82, 2.24) is 9.80 Å². The van der Waals surface area contributed by atoms with Crippen LogP contribution in [0.1, 0.15) is 11.1 Å². The zero-order valence-electron chi connectivity index (χ0n) is 17.3. The molecule has 1 amide bonds. The molecular formula is C23H26N2O5. The third-order valence-electron chi connectivity index (χ3n) is 5.37. The van der Waals surface area contributed by atoms with E-state index in [9.17, 15) is 4.79 Å². The molecule has 7 nitrogen and oxygen atoms in total. The van der Waals surface area contributed by atoms with Gasteiger partial charge < -0.3 is 23.8 Å². The zero-order chi connectivity index (χ0) is 20.9. The van der Waals surface area contributed by atoms with Gasteiger partial charge >= 0.3 is 0 Å². The summed E-state index contributed by atoms with van der Waals surface area (Å²) < 4.78 is 21.4. The van der Waals surface area contributed by atoms with Crippen molar-refractivity contribution in [3.05, 3.63) is 53.6 Å². The molecule has 1 fully saturated rings. The van der Waals surface area contributed by atoms with Gasteiger partial charge in [0.25, 0.3) is 0 Å². The molecule has 0 unspecified atom stereocenters. The monoisotopic (exact) mass is 410 g/mol. The van der Waals surface area contributed by atoms with Gasteiger partial charge in [0.15, 0.2) is 11.5 Å². The second-order valence-electron chi connectivity index (χ2n) is 7.23. The fourth-order valence-corrected chi connectivity index (χ4v) is 3.66. The van der Waals surface area contributed by atoms with E-state index in [1.165, 1.54) is 5.56 Å². The number of hydrogen-bond donors (Lipinski definition) is 0. The number of rotatable bonds is 6. The second-order valence-corrected chi connectivity index (χ2v) is 7.23. The maximum atomic E-state index is 12.6. The van der Waals surface area contributed by atoms with Gasteiger partial charge in [-0.3, -0.25) is 9.69 Å². The van der Waals surface area contributed by atoms with Crippen LogP contribution in [0, 0.1) is 0 Å². The van der Waals surface area contributed by atoms with Gasteiger partial charge in [0.05, 0.1) is 14.2 Å². The van der Waals surface area contributed by atoms with E-state index in [0.717, 1.165) is 42.4 Å². The number of nitrogens with zero attached hydrogens (tertiary/aromatic N) is 2. The van der Waals surface area contributed by atoms with Crippen molar-refractivity contribution in [3.8, 4) is 23.0 Å². The predicted octanol–water partition coefficient (Wildman–Crippen LogP) is 2.79. The standard InChI is InChI=1S/C23H26N2O5/c1-27-19-5-7-20(28-2)18(14-19)4-8-23(26)25-11-9-24(10-12-25)15-17-3-6-21-22(13-17)30-16-29-21/h3-8,13-14H,9-12,15-16H2,1-2H3/b8-4+. The lowest BCUT2D eigenvalue weighted by molar-refractivity contribution is -0.127. The molecule has 0 aromatic heterocycles. The Morgan fingerprint density at radius 3 is 2.57 bits per heavy atom. The van der Waals surface area contributed by atoms with E-state index in [-0.39, 0.29) is 12.7 Å². The Hall–Kier alpha value is -3.19. The Morgan fingerprint density at radius 1 is 1.00 bits per heavy atom. The number of hydrogen-bond acceptors (Lipinski definition) is 6. The highest BCUT2D eigenvalue weighted by Crippen LogP contribution is 2.33. The molecule has 2 aromatic rings. The van der Waals surface area contributed by atoms with Crippen molar-refractivity contribution in [2.24, 2.45) is 0 Å². The van der Waals surface area contributed by atoms with E-state index in [2.05, 4.69) is 11.0 Å². The minimum Gasteiger partial charge on any atom is -0.497 e. The number of amides is 1. The van der Waals surface area contributed by atoms with Crippen LogP contribution in [-0.4, -0.2) is 62.9 Å². The summed E-state index contributed by atoms with van der Waals surface area (Å²) in [5, 5.41) is 0. The molecule has 2 aromatic carbocycles. The Bertz CT molecular complexity index is 935. The lowest BCUT2D eigenvalue weighted by Gasteiger charge is -2.34. The largest absolute Gasteiger partial charge is 0.497 e. The van der Waals surface area contributed by atoms with E-state index < -0.39 is 0 Å². The number of methoxy groups -OCH3 is 2. The van der Waals surface area contributed by atoms with Crippen molar-refractivity contribution in [2.45, 2.75) is 6.54 Å². The first-order chi connectivity index (χ1) is 14.7. The lowest BCUT2D eigenvalue weighted by Crippen LogP contribution is -2.47. The average Bonchev–Trinajstić information content (AvgIpc) is 3.25. The number of piperazine rings is 1. The molecule has 0 aliphatic carbocycles. The first-order valence-electron chi connectivity index (χ1n) is 9.96. The van der Waals surface area contributed by atoms with Crippen molar-refractivity contribution < 1.29 is 23.7 Å². The first-order valence-corrected chi connectivity index (χ1v) is 9.96. The highest BCUT2D eigenvalue weighted by molar-refractivity contribution is 5.92. The highest BCUT2D eigenvalue weighted by atomic mass is 16.7. The first kappa shape index (κ1) is 20.1. The Morgan fingerprint density at radius 2 is 1.80 bits per heavy atom. The molecule has 1 saturated heterocycles. The van der Waals surface area contributed by atoms with Gasteiger partial charge in [-0.2, -0.15) is 0 Å². The molecule has 0 bridgehead atoms. The van der Waals surface area contributed by atoms with Crippen LogP contribution in [-0.2, 0) is 11.3 Å². The smallest absolute Gasteiger partial charge is 0.246 e. The molecule has 0 N–H and O–H groups in total. The summed E-state index contributed by atoms with van der Waals surface area (Å²) in [6, 6.07) is 11.6. The Labute approximate surface area is 176 Å². The molecule has 2 heterocycles. The van der Waals surface area contributed by atoms with Crippen molar-refractivity contribution in [3.63, 3.8) is 0 Å². The van der Waals surface area contributed by atoms with Gasteiger partial charge in [-0.25, -0.2) is 0 Å². The number of carbonyl (C=O) groups excluding carboxylic acids is 1. The summed E-state index contributed by atoms with van der Waals surface area (Å²) >= 11 is 0. The van der Waals surface area contributed by atoms with E-state index >= 15 is 0 Å². The van der Waals surface area contributed by atoms with E-state index in [0.29, 0.717) is 18.8 Å². The SMILES string of the molecule is COc1ccc(OC)c(/C=C/C(=O)N2CCN(Cc3ccc4c(c3)OCO4)CC2)c1. The third kappa shape index (κ3) is 4.52. The summed E-state index contributed by atoms with van der Waals surface area (Å²) in [5.41, 5.74) is 2.00. The minimum atomic E-state index is 0.00241. The average molecular weight is 410 g/mol. The van der Waals surface area contributed by atoms with Crippen LogP contribution in [0.5, 0.6) is 23.0 Å². The third-order valence-corrected chi connectivity index (χ3v) is 5.37. The van der Waals surface area contributed by atoms with Crippen molar-refractivity contribution in [2.75, 3.05) is 47.2 Å². The zero-order valence-corrected chi connectivity index (χ0v) is 17.3. The highest BCUT2D eigenvalue weighted by Gasteiger charge is 2.21. The predicted molar refractivity (Wildman–Crippen MR) is 113 cm³/mol. The van der Waals surface area contributed by atoms with Crippen LogP contribution < -0.4 is 18.9 Å². The molecule has 2 aliphatic rings. The van der Waals surface area contributed by atoms with E-state index in [4.69, 9.17) is 18.9 Å². The number of carbonyl (C=O) groups is 1. The summed E-state index contributed by atoms with van der Waals surface area (Å²) in [5.74, 6) is 3.03. The molecule has 2 aliphatic heterocycles. The van der Waals surface area contributed by atoms with Crippen LogP contribution in [0.2, 0.25) is 0 Å². The van der Waals surface area contributed by atoms with Gasteiger partial charge in [0.2, 0.25) is 12.7 Å². The van der Waals surface area contributed by atoms with Gasteiger partial charge in [0.1, 0.15) is 11.5 Å². The molecule has 158 valence electrons. The Balaban J connectivity index is 1.32. The molecule has 7 heteroatoms. The summed E-state index contributed by atoms with van der Waals surface area (Å²) in [6.45, 7) is 4.17.